The first-order chi connectivity index (χ1) is 15.4. The minimum atomic E-state index is -0.297. The molecule has 2 fully saturated rings. The molecule has 2 aliphatic rings. The van der Waals surface area contributed by atoms with E-state index in [9.17, 15) is 9.90 Å². The number of carbonyl (C=O) groups is 1. The molecule has 2 amide bonds. The zero-order valence-electron chi connectivity index (χ0n) is 19.4. The maximum atomic E-state index is 13.4. The molecule has 2 saturated heterocycles. The van der Waals surface area contributed by atoms with Crippen molar-refractivity contribution in [2.45, 2.75) is 57.5 Å². The molecule has 0 bridgehead atoms. The van der Waals surface area contributed by atoms with Crippen LogP contribution in [0.2, 0.25) is 0 Å². The van der Waals surface area contributed by atoms with Crippen LogP contribution < -0.4 is 0 Å². The predicted molar refractivity (Wildman–Crippen MR) is 122 cm³/mol. The summed E-state index contributed by atoms with van der Waals surface area (Å²) in [5.41, 5.74) is 4.69. The third-order valence-electron chi connectivity index (χ3n) is 6.94. The molecule has 0 spiro atoms. The lowest BCUT2D eigenvalue weighted by Gasteiger charge is -2.41. The minimum absolute atomic E-state index is 0.0472. The molecule has 1 aromatic heterocycles. The summed E-state index contributed by atoms with van der Waals surface area (Å²) in [4.78, 5) is 21.9. The van der Waals surface area contributed by atoms with Gasteiger partial charge in [0.15, 0.2) is 5.89 Å². The van der Waals surface area contributed by atoms with Crippen LogP contribution >= 0.6 is 0 Å². The lowest BCUT2D eigenvalue weighted by atomic mass is 9.83. The van der Waals surface area contributed by atoms with Crippen LogP contribution in [0.1, 0.15) is 59.4 Å². The Kier molecular flexibility index (Phi) is 7.16. The number of benzene rings is 1. The van der Waals surface area contributed by atoms with Gasteiger partial charge in [0.1, 0.15) is 6.26 Å². The summed E-state index contributed by atoms with van der Waals surface area (Å²) in [6.07, 6.45) is 4.32. The second-order valence-electron chi connectivity index (χ2n) is 9.30. The van der Waals surface area contributed by atoms with E-state index in [-0.39, 0.29) is 24.0 Å². The molecule has 1 N–H and O–H groups in total. The fourth-order valence-corrected chi connectivity index (χ4v) is 4.78. The molecule has 7 nitrogen and oxygen atoms in total. The molecule has 7 heteroatoms. The molecule has 32 heavy (non-hydrogen) atoms. The summed E-state index contributed by atoms with van der Waals surface area (Å²) in [5, 5.41) is 9.83. The fourth-order valence-electron chi connectivity index (χ4n) is 4.78. The Bertz CT molecular complexity index is 920. The Balaban J connectivity index is 1.56. The molecule has 2 atom stereocenters. The van der Waals surface area contributed by atoms with Gasteiger partial charge >= 0.3 is 6.03 Å². The highest BCUT2D eigenvalue weighted by molar-refractivity contribution is 5.75. The van der Waals surface area contributed by atoms with Gasteiger partial charge in [-0.1, -0.05) is 18.2 Å². The Morgan fingerprint density at radius 2 is 1.91 bits per heavy atom. The van der Waals surface area contributed by atoms with E-state index < -0.39 is 0 Å². The number of hydrogen-bond donors (Lipinski definition) is 1. The van der Waals surface area contributed by atoms with Gasteiger partial charge in [0.2, 0.25) is 0 Å². The summed E-state index contributed by atoms with van der Waals surface area (Å²) in [6.45, 7) is 7.37. The Morgan fingerprint density at radius 3 is 2.62 bits per heavy atom. The Labute approximate surface area is 190 Å². The number of rotatable bonds is 5. The van der Waals surface area contributed by atoms with Crippen molar-refractivity contribution in [2.24, 2.45) is 0 Å². The number of urea groups is 1. The summed E-state index contributed by atoms with van der Waals surface area (Å²) in [6, 6.07) is 6.67. The zero-order chi connectivity index (χ0) is 22.7. The van der Waals surface area contributed by atoms with Gasteiger partial charge in [-0.05, 0) is 49.8 Å². The average molecular weight is 442 g/mol. The van der Waals surface area contributed by atoms with Gasteiger partial charge < -0.3 is 24.1 Å². The summed E-state index contributed by atoms with van der Waals surface area (Å²) < 4.78 is 11.0. The van der Waals surface area contributed by atoms with Crippen LogP contribution in [-0.4, -0.2) is 71.9 Å². The van der Waals surface area contributed by atoms with E-state index in [1.165, 1.54) is 16.7 Å². The predicted octanol–water partition coefficient (Wildman–Crippen LogP) is 3.63. The van der Waals surface area contributed by atoms with Crippen molar-refractivity contribution in [3.8, 4) is 0 Å². The van der Waals surface area contributed by atoms with Gasteiger partial charge in [-0.2, -0.15) is 0 Å². The van der Waals surface area contributed by atoms with E-state index in [4.69, 9.17) is 14.1 Å². The lowest BCUT2D eigenvalue weighted by Crippen LogP contribution is -2.51. The number of oxazole rings is 1. The number of piperidine rings is 2. The number of aromatic nitrogens is 1. The third kappa shape index (κ3) is 5.15. The molecule has 4 rings (SSSR count). The normalized spacial score (nSPS) is 22.4. The summed E-state index contributed by atoms with van der Waals surface area (Å²) in [5.74, 6) is 0.976. The van der Waals surface area contributed by atoms with Gasteiger partial charge in [0, 0.05) is 45.6 Å². The van der Waals surface area contributed by atoms with E-state index in [1.54, 1.807) is 13.4 Å². The SMILES string of the molecule is COCCc1coc(C2CC(c3ccc(C)c(C)c3)CN(C(=O)N3CCC(O)CC3)C2)n1. The van der Waals surface area contributed by atoms with Crippen molar-refractivity contribution >= 4 is 6.03 Å². The number of nitrogens with zero attached hydrogens (tertiary/aromatic N) is 3. The van der Waals surface area contributed by atoms with E-state index in [1.807, 2.05) is 9.80 Å². The van der Waals surface area contributed by atoms with Crippen molar-refractivity contribution in [1.29, 1.82) is 0 Å². The summed E-state index contributed by atoms with van der Waals surface area (Å²) >= 11 is 0. The van der Waals surface area contributed by atoms with Gasteiger partial charge in [0.05, 0.1) is 24.3 Å². The van der Waals surface area contributed by atoms with Crippen LogP contribution in [0.4, 0.5) is 4.79 Å². The van der Waals surface area contributed by atoms with Crippen molar-refractivity contribution < 1.29 is 19.1 Å². The quantitative estimate of drug-likeness (QED) is 0.767. The molecular weight excluding hydrogens is 406 g/mol. The topological polar surface area (TPSA) is 79.0 Å². The molecule has 2 aliphatic heterocycles. The molecule has 0 aliphatic carbocycles. The Hall–Kier alpha value is -2.38. The first-order valence-corrected chi connectivity index (χ1v) is 11.7. The zero-order valence-corrected chi connectivity index (χ0v) is 19.4. The number of hydrogen-bond acceptors (Lipinski definition) is 5. The van der Waals surface area contributed by atoms with Crippen molar-refractivity contribution in [2.75, 3.05) is 39.9 Å². The van der Waals surface area contributed by atoms with Crippen LogP contribution in [0.15, 0.2) is 28.9 Å². The largest absolute Gasteiger partial charge is 0.448 e. The van der Waals surface area contributed by atoms with E-state index in [0.717, 1.165) is 12.1 Å². The van der Waals surface area contributed by atoms with Gasteiger partial charge in [-0.25, -0.2) is 9.78 Å². The van der Waals surface area contributed by atoms with Crippen molar-refractivity contribution in [3.63, 3.8) is 0 Å². The smallest absolute Gasteiger partial charge is 0.320 e. The number of ether oxygens (including phenoxy) is 1. The Morgan fingerprint density at radius 1 is 1.16 bits per heavy atom. The number of aliphatic hydroxyl groups excluding tert-OH is 1. The maximum Gasteiger partial charge on any atom is 0.320 e. The number of amides is 2. The van der Waals surface area contributed by atoms with Crippen LogP contribution in [0.3, 0.4) is 0 Å². The average Bonchev–Trinajstić information content (AvgIpc) is 3.28. The highest BCUT2D eigenvalue weighted by atomic mass is 16.5. The molecule has 2 unspecified atom stereocenters. The van der Waals surface area contributed by atoms with Crippen molar-refractivity contribution in [1.82, 2.24) is 14.8 Å². The molecule has 174 valence electrons. The molecule has 0 saturated carbocycles. The van der Waals surface area contributed by atoms with Crippen LogP contribution in [-0.2, 0) is 11.2 Å². The van der Waals surface area contributed by atoms with E-state index in [2.05, 4.69) is 32.0 Å². The van der Waals surface area contributed by atoms with Gasteiger partial charge in [0.25, 0.3) is 0 Å². The van der Waals surface area contributed by atoms with Crippen LogP contribution in [0.5, 0.6) is 0 Å². The second-order valence-corrected chi connectivity index (χ2v) is 9.30. The number of carbonyl (C=O) groups excluding carboxylic acids is 1. The monoisotopic (exact) mass is 441 g/mol. The van der Waals surface area contributed by atoms with E-state index in [0.29, 0.717) is 57.9 Å². The first-order valence-electron chi connectivity index (χ1n) is 11.7. The minimum Gasteiger partial charge on any atom is -0.448 e. The van der Waals surface area contributed by atoms with E-state index >= 15 is 0 Å². The fraction of sp³-hybridized carbons (Fsp3) is 0.600. The number of methoxy groups -OCH3 is 1. The maximum absolute atomic E-state index is 13.4. The lowest BCUT2D eigenvalue weighted by molar-refractivity contribution is 0.0747. The number of aryl methyl sites for hydroxylation is 2. The standard InChI is InChI=1S/C25H35N3O4/c1-17-4-5-19(12-18(17)2)20-13-21(24-26-22(16-32-24)8-11-31-3)15-28(14-20)25(30)27-9-6-23(29)7-10-27/h4-5,12,16,20-21,23,29H,6-11,13-15H2,1-3H3. The van der Waals surface area contributed by atoms with Crippen LogP contribution in [0.25, 0.3) is 0 Å². The summed E-state index contributed by atoms with van der Waals surface area (Å²) in [7, 11) is 1.68. The molecule has 2 aromatic rings. The highest BCUT2D eigenvalue weighted by Crippen LogP contribution is 2.36. The van der Waals surface area contributed by atoms with Gasteiger partial charge in [-0.3, -0.25) is 0 Å². The van der Waals surface area contributed by atoms with Crippen molar-refractivity contribution in [3.05, 3.63) is 52.7 Å². The number of likely N-dealkylation sites (tertiary alicyclic amines) is 2. The highest BCUT2D eigenvalue weighted by Gasteiger charge is 2.36. The molecule has 3 heterocycles. The molecule has 1 aromatic carbocycles. The number of aliphatic hydroxyl groups is 1. The third-order valence-corrected chi connectivity index (χ3v) is 6.94. The molecular formula is C25H35N3O4. The van der Waals surface area contributed by atoms with Crippen LogP contribution in [0, 0.1) is 13.8 Å². The molecule has 0 radical (unpaired) electrons. The second kappa shape index (κ2) is 10.0. The van der Waals surface area contributed by atoms with Gasteiger partial charge in [-0.15, -0.1) is 0 Å². The first kappa shape index (κ1) is 22.8.